The first-order chi connectivity index (χ1) is 8.20. The van der Waals surface area contributed by atoms with Crippen molar-refractivity contribution in [3.8, 4) is 0 Å². The van der Waals surface area contributed by atoms with Crippen LogP contribution >= 0.6 is 0 Å². The van der Waals surface area contributed by atoms with Crippen LogP contribution in [0.2, 0.25) is 0 Å². The maximum atomic E-state index is 13.4. The molecule has 17 heavy (non-hydrogen) atoms. The fourth-order valence-corrected chi connectivity index (χ4v) is 2.12. The molecule has 1 atom stereocenters. The molecule has 0 aromatic heterocycles. The van der Waals surface area contributed by atoms with Gasteiger partial charge in [-0.05, 0) is 18.1 Å². The first-order valence-corrected chi connectivity index (χ1v) is 5.82. The normalized spacial score (nSPS) is 19.6. The molecule has 1 aromatic carbocycles. The third-order valence-electron chi connectivity index (χ3n) is 3.20. The number of halogens is 1. The Morgan fingerprint density at radius 1 is 1.47 bits per heavy atom. The number of hydrogen-bond acceptors (Lipinski definition) is 2. The number of benzene rings is 1. The maximum Gasteiger partial charge on any atom is 0.227 e. The van der Waals surface area contributed by atoms with Crippen molar-refractivity contribution >= 4 is 5.91 Å². The number of rotatable bonds is 3. The van der Waals surface area contributed by atoms with Gasteiger partial charge >= 0.3 is 0 Å². The third kappa shape index (κ3) is 2.82. The number of hydrogen-bond donors (Lipinski definition) is 1. The molecule has 0 spiro atoms. The van der Waals surface area contributed by atoms with Gasteiger partial charge in [0, 0.05) is 25.6 Å². The van der Waals surface area contributed by atoms with E-state index in [1.807, 2.05) is 0 Å². The van der Waals surface area contributed by atoms with Gasteiger partial charge in [-0.15, -0.1) is 0 Å². The quantitative estimate of drug-likeness (QED) is 0.858. The zero-order valence-electron chi connectivity index (χ0n) is 9.60. The first kappa shape index (κ1) is 12.0. The summed E-state index contributed by atoms with van der Waals surface area (Å²) in [4.78, 5) is 13.6. The van der Waals surface area contributed by atoms with E-state index in [1.165, 1.54) is 6.07 Å². The second kappa shape index (κ2) is 5.27. The van der Waals surface area contributed by atoms with Crippen LogP contribution in [0.25, 0.3) is 0 Å². The Bertz CT molecular complexity index is 408. The van der Waals surface area contributed by atoms with E-state index < -0.39 is 0 Å². The standard InChI is InChI=1S/C13H16FNO2/c14-12-4-2-1-3-11(12)7-13(17)15-6-5-10(8-15)9-16/h1-4,10,16H,5-9H2/t10-/m0/s1. The minimum absolute atomic E-state index is 0.0638. The molecule has 3 nitrogen and oxygen atoms in total. The number of likely N-dealkylation sites (tertiary alicyclic amines) is 1. The second-order valence-corrected chi connectivity index (χ2v) is 4.45. The summed E-state index contributed by atoms with van der Waals surface area (Å²) < 4.78 is 13.4. The summed E-state index contributed by atoms with van der Waals surface area (Å²) in [5.74, 6) is -0.218. The van der Waals surface area contributed by atoms with Crippen molar-refractivity contribution in [3.63, 3.8) is 0 Å². The fraction of sp³-hybridized carbons (Fsp3) is 0.462. The smallest absolute Gasteiger partial charge is 0.227 e. The molecular formula is C13H16FNO2. The maximum absolute atomic E-state index is 13.4. The van der Waals surface area contributed by atoms with Crippen molar-refractivity contribution in [2.24, 2.45) is 5.92 Å². The summed E-state index contributed by atoms with van der Waals surface area (Å²) in [5, 5.41) is 9.00. The first-order valence-electron chi connectivity index (χ1n) is 5.82. The van der Waals surface area contributed by atoms with Gasteiger partial charge in [0.05, 0.1) is 6.42 Å². The highest BCUT2D eigenvalue weighted by atomic mass is 19.1. The Labute approximate surface area is 99.9 Å². The van der Waals surface area contributed by atoms with Crippen molar-refractivity contribution in [1.29, 1.82) is 0 Å². The summed E-state index contributed by atoms with van der Waals surface area (Å²) in [6, 6.07) is 6.34. The topological polar surface area (TPSA) is 40.5 Å². The zero-order chi connectivity index (χ0) is 12.3. The molecule has 1 saturated heterocycles. The molecule has 0 saturated carbocycles. The number of aliphatic hydroxyl groups excluding tert-OH is 1. The predicted molar refractivity (Wildman–Crippen MR) is 61.9 cm³/mol. The molecule has 0 unspecified atom stereocenters. The van der Waals surface area contributed by atoms with Gasteiger partial charge in [0.1, 0.15) is 5.82 Å². The van der Waals surface area contributed by atoms with E-state index >= 15 is 0 Å². The Morgan fingerprint density at radius 3 is 2.88 bits per heavy atom. The zero-order valence-corrected chi connectivity index (χ0v) is 9.60. The summed E-state index contributed by atoms with van der Waals surface area (Å²) >= 11 is 0. The molecule has 0 bridgehead atoms. The van der Waals surface area contributed by atoms with Gasteiger partial charge in [0.25, 0.3) is 0 Å². The van der Waals surface area contributed by atoms with Crippen LogP contribution in [0.15, 0.2) is 24.3 Å². The molecular weight excluding hydrogens is 221 g/mol. The SMILES string of the molecule is O=C(Cc1ccccc1F)N1CC[C@H](CO)C1. The minimum atomic E-state index is -0.334. The molecule has 92 valence electrons. The highest BCUT2D eigenvalue weighted by Crippen LogP contribution is 2.17. The van der Waals surface area contributed by atoms with E-state index in [-0.39, 0.29) is 30.7 Å². The Balaban J connectivity index is 1.96. The van der Waals surface area contributed by atoms with Crippen LogP contribution < -0.4 is 0 Å². The van der Waals surface area contributed by atoms with Gasteiger partial charge in [-0.2, -0.15) is 0 Å². The fourth-order valence-electron chi connectivity index (χ4n) is 2.12. The van der Waals surface area contributed by atoms with E-state index in [2.05, 4.69) is 0 Å². The van der Waals surface area contributed by atoms with Crippen molar-refractivity contribution < 1.29 is 14.3 Å². The van der Waals surface area contributed by atoms with E-state index in [0.717, 1.165) is 6.42 Å². The lowest BCUT2D eigenvalue weighted by molar-refractivity contribution is -0.129. The number of amides is 1. The lowest BCUT2D eigenvalue weighted by Crippen LogP contribution is -2.30. The van der Waals surface area contributed by atoms with E-state index in [1.54, 1.807) is 23.1 Å². The van der Waals surface area contributed by atoms with Gasteiger partial charge < -0.3 is 10.0 Å². The average molecular weight is 237 g/mol. The summed E-state index contributed by atoms with van der Waals surface area (Å²) in [7, 11) is 0. The van der Waals surface area contributed by atoms with Crippen molar-refractivity contribution in [3.05, 3.63) is 35.6 Å². The van der Waals surface area contributed by atoms with Crippen molar-refractivity contribution in [2.75, 3.05) is 19.7 Å². The molecule has 0 radical (unpaired) electrons. The van der Waals surface area contributed by atoms with E-state index in [0.29, 0.717) is 18.7 Å². The second-order valence-electron chi connectivity index (χ2n) is 4.45. The predicted octanol–water partition coefficient (Wildman–Crippen LogP) is 1.21. The molecule has 1 amide bonds. The van der Waals surface area contributed by atoms with Gasteiger partial charge in [0.15, 0.2) is 0 Å². The number of nitrogens with zero attached hydrogens (tertiary/aromatic N) is 1. The van der Waals surface area contributed by atoms with Crippen LogP contribution in [-0.4, -0.2) is 35.6 Å². The van der Waals surface area contributed by atoms with Gasteiger partial charge in [-0.3, -0.25) is 4.79 Å². The minimum Gasteiger partial charge on any atom is -0.396 e. The molecule has 2 rings (SSSR count). The number of carbonyl (C=O) groups excluding carboxylic acids is 1. The van der Waals surface area contributed by atoms with Crippen LogP contribution in [0.5, 0.6) is 0 Å². The van der Waals surface area contributed by atoms with Crippen LogP contribution in [0, 0.1) is 11.7 Å². The van der Waals surface area contributed by atoms with Crippen molar-refractivity contribution in [2.45, 2.75) is 12.8 Å². The highest BCUT2D eigenvalue weighted by Gasteiger charge is 2.25. The van der Waals surface area contributed by atoms with Crippen LogP contribution in [0.1, 0.15) is 12.0 Å². The summed E-state index contributed by atoms with van der Waals surface area (Å²) in [5.41, 5.74) is 0.435. The van der Waals surface area contributed by atoms with Crippen LogP contribution in [-0.2, 0) is 11.2 Å². The Hall–Kier alpha value is -1.42. The van der Waals surface area contributed by atoms with Crippen LogP contribution in [0.3, 0.4) is 0 Å². The van der Waals surface area contributed by atoms with Crippen LogP contribution in [0.4, 0.5) is 4.39 Å². The lowest BCUT2D eigenvalue weighted by atomic mass is 10.1. The lowest BCUT2D eigenvalue weighted by Gasteiger charge is -2.16. The van der Waals surface area contributed by atoms with Gasteiger partial charge in [-0.25, -0.2) is 4.39 Å². The average Bonchev–Trinajstić information content (AvgIpc) is 2.81. The Morgan fingerprint density at radius 2 is 2.24 bits per heavy atom. The van der Waals surface area contributed by atoms with Crippen molar-refractivity contribution in [1.82, 2.24) is 4.90 Å². The Kier molecular flexibility index (Phi) is 3.74. The molecule has 1 aromatic rings. The molecule has 1 N–H and O–H groups in total. The summed E-state index contributed by atoms with van der Waals surface area (Å²) in [6.07, 6.45) is 0.935. The molecule has 0 aliphatic carbocycles. The third-order valence-corrected chi connectivity index (χ3v) is 3.20. The molecule has 1 fully saturated rings. The largest absolute Gasteiger partial charge is 0.396 e. The number of carbonyl (C=O) groups is 1. The molecule has 4 heteroatoms. The van der Waals surface area contributed by atoms with E-state index in [4.69, 9.17) is 5.11 Å². The molecule has 1 aliphatic rings. The van der Waals surface area contributed by atoms with E-state index in [9.17, 15) is 9.18 Å². The molecule has 1 aliphatic heterocycles. The van der Waals surface area contributed by atoms with Gasteiger partial charge in [-0.1, -0.05) is 18.2 Å². The highest BCUT2D eigenvalue weighted by molar-refractivity contribution is 5.79. The van der Waals surface area contributed by atoms with Gasteiger partial charge in [0.2, 0.25) is 5.91 Å². The monoisotopic (exact) mass is 237 g/mol. The summed E-state index contributed by atoms with van der Waals surface area (Å²) in [6.45, 7) is 1.37. The molecule has 1 heterocycles. The number of aliphatic hydroxyl groups is 1.